The van der Waals surface area contributed by atoms with Crippen molar-refractivity contribution in [1.29, 1.82) is 0 Å². The number of rotatable bonds is 47. The number of allylic oxidation sites excluding steroid dienone is 13. The van der Waals surface area contributed by atoms with Crippen LogP contribution in [0.4, 0.5) is 0 Å². The van der Waals surface area contributed by atoms with Gasteiger partial charge in [-0.2, -0.15) is 0 Å². The van der Waals surface area contributed by atoms with Gasteiger partial charge in [0.05, 0.1) is 39.9 Å². The molecule has 0 aliphatic rings. The van der Waals surface area contributed by atoms with E-state index in [4.69, 9.17) is 9.05 Å². The number of amides is 1. The van der Waals surface area contributed by atoms with Crippen molar-refractivity contribution in [2.24, 2.45) is 0 Å². The molecule has 8 nitrogen and oxygen atoms in total. The largest absolute Gasteiger partial charge is 0.472 e. The summed E-state index contributed by atoms with van der Waals surface area (Å²) in [6.07, 6.45) is 65.4. The molecule has 0 heterocycles. The minimum atomic E-state index is -4.37. The van der Waals surface area contributed by atoms with Crippen molar-refractivity contribution >= 4 is 13.7 Å². The summed E-state index contributed by atoms with van der Waals surface area (Å²) in [6.45, 7) is 4.65. The van der Waals surface area contributed by atoms with Gasteiger partial charge in [-0.1, -0.05) is 208 Å². The van der Waals surface area contributed by atoms with Gasteiger partial charge in [-0.05, 0) is 83.5 Å². The molecule has 3 unspecified atom stereocenters. The maximum absolute atomic E-state index is 12.9. The number of quaternary nitrogens is 1. The predicted octanol–water partition coefficient (Wildman–Crippen LogP) is 15.7. The highest BCUT2D eigenvalue weighted by molar-refractivity contribution is 7.47. The quantitative estimate of drug-likeness (QED) is 0.0243. The lowest BCUT2D eigenvalue weighted by molar-refractivity contribution is -0.870. The zero-order chi connectivity index (χ0) is 47.8. The number of hydrogen-bond donors (Lipinski definition) is 3. The second kappa shape index (κ2) is 46.8. The topological polar surface area (TPSA) is 105 Å². The Morgan fingerprint density at radius 1 is 0.538 bits per heavy atom. The molecule has 3 N–H and O–H groups in total. The van der Waals surface area contributed by atoms with Crippen LogP contribution in [0.5, 0.6) is 0 Å². The summed E-state index contributed by atoms with van der Waals surface area (Å²) in [5.74, 6) is -0.217. The number of phosphoric ester groups is 1. The first-order valence-electron chi connectivity index (χ1n) is 26.5. The monoisotopic (exact) mass is 930 g/mol. The Hall–Kier alpha value is -2.32. The fourth-order valence-electron chi connectivity index (χ4n) is 7.18. The van der Waals surface area contributed by atoms with Crippen molar-refractivity contribution in [3.05, 3.63) is 85.1 Å². The normalized spacial score (nSPS) is 14.8. The number of aliphatic hydroxyl groups is 1. The van der Waals surface area contributed by atoms with Crippen LogP contribution in [0.2, 0.25) is 0 Å². The highest BCUT2D eigenvalue weighted by Crippen LogP contribution is 2.43. The number of aliphatic hydroxyl groups excluding tert-OH is 1. The molecule has 9 heteroatoms. The fraction of sp³-hybridized carbons (Fsp3) is 0.732. The van der Waals surface area contributed by atoms with Crippen molar-refractivity contribution < 1.29 is 32.9 Å². The maximum Gasteiger partial charge on any atom is 0.472 e. The lowest BCUT2D eigenvalue weighted by atomic mass is 10.0. The molecule has 0 aliphatic heterocycles. The number of hydrogen-bond acceptors (Lipinski definition) is 5. The van der Waals surface area contributed by atoms with Crippen molar-refractivity contribution in [1.82, 2.24) is 5.32 Å². The Kier molecular flexibility index (Phi) is 45.1. The molecule has 0 bridgehead atoms. The molecule has 0 spiro atoms. The summed E-state index contributed by atoms with van der Waals surface area (Å²) in [7, 11) is 1.52. The lowest BCUT2D eigenvalue weighted by Crippen LogP contribution is -2.45. The Balaban J connectivity index is 4.38. The standard InChI is InChI=1S/C56H101N2O6P/c1-6-8-10-12-14-16-18-20-22-24-25-26-27-28-29-30-31-32-34-35-37-39-41-43-45-47-49-55(59)54(53-64-65(61,62)63-52-51-58(3,4)5)57-56(60)50-48-46-44-42-40-38-36-33-23-21-19-17-15-13-11-9-7-2/h9,11,15,17,21,23,32,34,36,38-39,41,47,49,54-55,59H,6-8,10,12-14,16,18-20,22,24-31,33,35,37,40,42-46,48,50-53H2,1-5H3,(H-,57,60,61,62)/p+1/b11-9-,17-15-,23-21-,34-32+,38-36-,41-39+,49-47+. The van der Waals surface area contributed by atoms with Crippen LogP contribution in [0.15, 0.2) is 85.1 Å². The van der Waals surface area contributed by atoms with Gasteiger partial charge in [-0.25, -0.2) is 4.57 Å². The SMILES string of the molecule is CC/C=C\C/C=C\C/C=C\C/C=C\CCCCCCC(=O)NC(COP(=O)(O)OCC[N+](C)(C)C)C(O)/C=C/CC/C=C/CC/C=C/CCCCCCCCCCCCCCCCCC. The van der Waals surface area contributed by atoms with Crippen LogP contribution in [0.25, 0.3) is 0 Å². The molecule has 0 aromatic heterocycles. The van der Waals surface area contributed by atoms with Crippen LogP contribution in [-0.2, 0) is 18.4 Å². The second-order valence-corrected chi connectivity index (χ2v) is 20.3. The van der Waals surface area contributed by atoms with E-state index in [1.54, 1.807) is 6.08 Å². The van der Waals surface area contributed by atoms with Gasteiger partial charge < -0.3 is 19.8 Å². The molecule has 0 saturated carbocycles. The van der Waals surface area contributed by atoms with E-state index in [-0.39, 0.29) is 19.1 Å². The molecule has 0 aliphatic carbocycles. The summed E-state index contributed by atoms with van der Waals surface area (Å²) in [6, 6.07) is -0.888. The Morgan fingerprint density at radius 3 is 1.42 bits per heavy atom. The van der Waals surface area contributed by atoms with Crippen molar-refractivity contribution in [2.75, 3.05) is 40.9 Å². The van der Waals surface area contributed by atoms with Gasteiger partial charge in [-0.3, -0.25) is 13.8 Å². The van der Waals surface area contributed by atoms with Gasteiger partial charge in [0.1, 0.15) is 13.2 Å². The average Bonchev–Trinajstić information content (AvgIpc) is 3.26. The van der Waals surface area contributed by atoms with E-state index in [0.29, 0.717) is 17.4 Å². The van der Waals surface area contributed by atoms with Crippen LogP contribution in [0, 0.1) is 0 Å². The Morgan fingerprint density at radius 2 is 0.938 bits per heavy atom. The van der Waals surface area contributed by atoms with E-state index >= 15 is 0 Å². The molecule has 0 rings (SSSR count). The predicted molar refractivity (Wildman–Crippen MR) is 281 cm³/mol. The number of phosphoric acid groups is 1. The number of carbonyl (C=O) groups is 1. The molecule has 1 amide bonds. The third-order valence-corrected chi connectivity index (χ3v) is 12.3. The zero-order valence-electron chi connectivity index (χ0n) is 42.7. The molecule has 0 fully saturated rings. The molecule has 3 atom stereocenters. The van der Waals surface area contributed by atoms with Crippen LogP contribution < -0.4 is 5.32 Å². The van der Waals surface area contributed by atoms with Crippen molar-refractivity contribution in [3.63, 3.8) is 0 Å². The fourth-order valence-corrected chi connectivity index (χ4v) is 7.92. The zero-order valence-corrected chi connectivity index (χ0v) is 43.6. The van der Waals surface area contributed by atoms with Gasteiger partial charge in [-0.15, -0.1) is 0 Å². The second-order valence-electron chi connectivity index (χ2n) is 18.8. The Bertz CT molecular complexity index is 1330. The molecule has 0 aromatic carbocycles. The summed E-state index contributed by atoms with van der Waals surface area (Å²) < 4.78 is 23.6. The smallest absolute Gasteiger partial charge is 0.387 e. The molecule has 65 heavy (non-hydrogen) atoms. The molecule has 0 saturated heterocycles. The highest BCUT2D eigenvalue weighted by atomic mass is 31.2. The van der Waals surface area contributed by atoms with Crippen LogP contribution in [-0.4, -0.2) is 73.4 Å². The van der Waals surface area contributed by atoms with E-state index < -0.39 is 20.0 Å². The van der Waals surface area contributed by atoms with Gasteiger partial charge in [0.25, 0.3) is 0 Å². The average molecular weight is 930 g/mol. The molecular formula is C56H102N2O6P+. The van der Waals surface area contributed by atoms with Gasteiger partial charge >= 0.3 is 7.82 Å². The van der Waals surface area contributed by atoms with E-state index in [2.05, 4.69) is 92.1 Å². The van der Waals surface area contributed by atoms with Crippen molar-refractivity contribution in [3.8, 4) is 0 Å². The number of nitrogens with one attached hydrogen (secondary N) is 1. The van der Waals surface area contributed by atoms with Crippen molar-refractivity contribution in [2.45, 2.75) is 225 Å². The van der Waals surface area contributed by atoms with E-state index in [1.165, 1.54) is 109 Å². The van der Waals surface area contributed by atoms with Crippen LogP contribution in [0.3, 0.4) is 0 Å². The molecule has 376 valence electrons. The molecule has 0 aromatic rings. The third-order valence-electron chi connectivity index (χ3n) is 11.3. The maximum atomic E-state index is 12.9. The van der Waals surface area contributed by atoms with Crippen LogP contribution in [0.1, 0.15) is 213 Å². The minimum Gasteiger partial charge on any atom is -0.387 e. The highest BCUT2D eigenvalue weighted by Gasteiger charge is 2.27. The first-order chi connectivity index (χ1) is 31.5. The summed E-state index contributed by atoms with van der Waals surface area (Å²) in [5, 5.41) is 13.9. The number of nitrogens with zero attached hydrogens (tertiary/aromatic N) is 1. The summed E-state index contributed by atoms with van der Waals surface area (Å²) in [5.41, 5.74) is 0. The molecular weight excluding hydrogens is 828 g/mol. The third kappa shape index (κ3) is 49.4. The first-order valence-corrected chi connectivity index (χ1v) is 28.0. The Labute approximate surface area is 401 Å². The van der Waals surface area contributed by atoms with E-state index in [9.17, 15) is 19.4 Å². The van der Waals surface area contributed by atoms with Gasteiger partial charge in [0, 0.05) is 6.42 Å². The number of carbonyl (C=O) groups excluding carboxylic acids is 1. The van der Waals surface area contributed by atoms with Crippen LogP contribution >= 0.6 is 7.82 Å². The molecule has 0 radical (unpaired) electrons. The first kappa shape index (κ1) is 62.7. The summed E-state index contributed by atoms with van der Waals surface area (Å²) in [4.78, 5) is 23.2. The van der Waals surface area contributed by atoms with E-state index in [1.807, 2.05) is 27.2 Å². The van der Waals surface area contributed by atoms with E-state index in [0.717, 1.165) is 83.5 Å². The lowest BCUT2D eigenvalue weighted by Gasteiger charge is -2.25. The summed E-state index contributed by atoms with van der Waals surface area (Å²) >= 11 is 0. The van der Waals surface area contributed by atoms with Gasteiger partial charge in [0.15, 0.2) is 0 Å². The number of unbranched alkanes of at least 4 members (excludes halogenated alkanes) is 22. The minimum absolute atomic E-state index is 0.0441. The van der Waals surface area contributed by atoms with Gasteiger partial charge in [0.2, 0.25) is 5.91 Å². The number of likely N-dealkylation sites (N-methyl/N-ethyl adjacent to an activating group) is 1.